The smallest absolute Gasteiger partial charge is 0.343 e. The number of nitrogens with zero attached hydrogens (tertiary/aromatic N) is 2. The van der Waals surface area contributed by atoms with Crippen LogP contribution in [0.1, 0.15) is 55.1 Å². The van der Waals surface area contributed by atoms with Gasteiger partial charge in [-0.15, -0.1) is 0 Å². The molecule has 3 aromatic rings. The van der Waals surface area contributed by atoms with Crippen LogP contribution in [0.25, 0.3) is 10.9 Å². The molecule has 0 saturated heterocycles. The molecule has 0 aliphatic carbocycles. The first-order valence-corrected chi connectivity index (χ1v) is 16.2. The van der Waals surface area contributed by atoms with Gasteiger partial charge in [0.15, 0.2) is 8.32 Å². The van der Waals surface area contributed by atoms with Crippen molar-refractivity contribution in [3.63, 3.8) is 0 Å². The van der Waals surface area contributed by atoms with Crippen molar-refractivity contribution in [2.75, 3.05) is 25.6 Å². The molecule has 0 radical (unpaired) electrons. The first-order valence-electron chi connectivity index (χ1n) is 12.9. The van der Waals surface area contributed by atoms with Gasteiger partial charge in [-0.2, -0.15) is 0 Å². The molecule has 1 N–H and O–H groups in total. The summed E-state index contributed by atoms with van der Waals surface area (Å²) in [5.74, 6) is -1.16. The van der Waals surface area contributed by atoms with Crippen LogP contribution in [0.2, 0.25) is 23.2 Å². The lowest BCUT2D eigenvalue weighted by atomic mass is 9.99. The van der Waals surface area contributed by atoms with Crippen LogP contribution in [-0.2, 0) is 17.7 Å². The Kier molecular flexibility index (Phi) is 9.11. The molecular formula is C29H38ClFN2O4Si. The topological polar surface area (TPSA) is 71.8 Å². The number of aromatic nitrogens is 1. The molecular weight excluding hydrogens is 523 g/mol. The third-order valence-electron chi connectivity index (χ3n) is 7.47. The number of carbonyl (C=O) groups is 1. The first kappa shape index (κ1) is 29.9. The standard InChI is InChI=1S/C29H38ClFN2O4Si/c1-8-37-28(35)22-18-33(14-10-13-29(2,3)38(6,7)36)26-21(27(22)34)16-19(17-24(26)32(4)5)15-20-11-9-12-23(30)25(20)31/h9,11-12,16-18,36H,8,10,13-15H2,1-7H3. The average molecular weight is 561 g/mol. The minimum Gasteiger partial charge on any atom is -0.462 e. The van der Waals surface area contributed by atoms with Gasteiger partial charge in [0.25, 0.3) is 0 Å². The number of rotatable bonds is 10. The van der Waals surface area contributed by atoms with E-state index in [1.165, 1.54) is 6.07 Å². The van der Waals surface area contributed by atoms with Gasteiger partial charge in [0, 0.05) is 38.6 Å². The summed E-state index contributed by atoms with van der Waals surface area (Å²) in [7, 11) is 1.38. The zero-order valence-electron chi connectivity index (χ0n) is 23.3. The van der Waals surface area contributed by atoms with Gasteiger partial charge in [-0.05, 0) is 67.2 Å². The van der Waals surface area contributed by atoms with Crippen LogP contribution >= 0.6 is 11.6 Å². The second-order valence-corrected chi connectivity index (χ2v) is 16.0. The van der Waals surface area contributed by atoms with Crippen molar-refractivity contribution in [1.29, 1.82) is 0 Å². The third-order valence-corrected chi connectivity index (χ3v) is 11.3. The Morgan fingerprint density at radius 3 is 2.53 bits per heavy atom. The lowest BCUT2D eigenvalue weighted by Gasteiger charge is -2.35. The summed E-state index contributed by atoms with van der Waals surface area (Å²) >= 11 is 6.00. The maximum absolute atomic E-state index is 14.7. The van der Waals surface area contributed by atoms with E-state index in [4.69, 9.17) is 16.3 Å². The Hall–Kier alpha value is -2.68. The lowest BCUT2D eigenvalue weighted by molar-refractivity contribution is 0.0524. The Morgan fingerprint density at radius 1 is 1.24 bits per heavy atom. The van der Waals surface area contributed by atoms with Gasteiger partial charge in [-0.1, -0.05) is 37.6 Å². The van der Waals surface area contributed by atoms with Gasteiger partial charge in [0.2, 0.25) is 5.43 Å². The van der Waals surface area contributed by atoms with Gasteiger partial charge in [-0.3, -0.25) is 4.79 Å². The summed E-state index contributed by atoms with van der Waals surface area (Å²) in [6, 6.07) is 8.53. The van der Waals surface area contributed by atoms with E-state index in [1.54, 1.807) is 31.3 Å². The predicted octanol–water partition coefficient (Wildman–Crippen LogP) is 6.39. The molecule has 0 fully saturated rings. The monoisotopic (exact) mass is 560 g/mol. The summed E-state index contributed by atoms with van der Waals surface area (Å²) in [6.45, 7) is 10.4. The van der Waals surface area contributed by atoms with E-state index in [0.29, 0.717) is 23.0 Å². The van der Waals surface area contributed by atoms with Crippen molar-refractivity contribution in [3.05, 3.63) is 74.3 Å². The fourth-order valence-corrected chi connectivity index (χ4v) is 5.43. The quantitative estimate of drug-likeness (QED) is 0.230. The highest BCUT2D eigenvalue weighted by Crippen LogP contribution is 2.40. The normalized spacial score (nSPS) is 12.2. The maximum Gasteiger partial charge on any atom is 0.343 e. The Balaban J connectivity index is 2.19. The second-order valence-electron chi connectivity index (χ2n) is 11.1. The molecule has 0 unspecified atom stereocenters. The third kappa shape index (κ3) is 6.30. The van der Waals surface area contributed by atoms with E-state index < -0.39 is 25.5 Å². The van der Waals surface area contributed by atoms with Crippen LogP contribution in [0.5, 0.6) is 0 Å². The van der Waals surface area contributed by atoms with Crippen molar-refractivity contribution in [2.45, 2.75) is 64.7 Å². The van der Waals surface area contributed by atoms with Crippen molar-refractivity contribution >= 4 is 42.5 Å². The first-order chi connectivity index (χ1) is 17.7. The molecule has 0 aliphatic rings. The highest BCUT2D eigenvalue weighted by molar-refractivity contribution is 6.72. The lowest BCUT2D eigenvalue weighted by Crippen LogP contribution is -2.39. The zero-order valence-corrected chi connectivity index (χ0v) is 25.1. The molecule has 206 valence electrons. The number of anilines is 1. The number of esters is 1. The Labute approximate surface area is 230 Å². The minimum atomic E-state index is -2.39. The number of aryl methyl sites for hydroxylation is 1. The predicted molar refractivity (Wildman–Crippen MR) is 156 cm³/mol. The molecule has 38 heavy (non-hydrogen) atoms. The maximum atomic E-state index is 14.7. The van der Waals surface area contributed by atoms with Gasteiger partial charge >= 0.3 is 5.97 Å². The van der Waals surface area contributed by atoms with Crippen LogP contribution in [0, 0.1) is 5.82 Å². The Bertz CT molecular complexity index is 1400. The molecule has 0 bridgehead atoms. The van der Waals surface area contributed by atoms with E-state index in [9.17, 15) is 18.8 Å². The fourth-order valence-electron chi connectivity index (χ4n) is 4.45. The largest absolute Gasteiger partial charge is 0.462 e. The molecule has 1 heterocycles. The molecule has 0 atom stereocenters. The van der Waals surface area contributed by atoms with Crippen LogP contribution < -0.4 is 10.3 Å². The highest BCUT2D eigenvalue weighted by atomic mass is 35.5. The summed E-state index contributed by atoms with van der Waals surface area (Å²) in [5.41, 5.74) is 2.16. The van der Waals surface area contributed by atoms with Crippen molar-refractivity contribution in [2.24, 2.45) is 0 Å². The molecule has 0 spiro atoms. The van der Waals surface area contributed by atoms with E-state index in [1.807, 2.05) is 42.7 Å². The molecule has 2 aromatic carbocycles. The van der Waals surface area contributed by atoms with Gasteiger partial charge in [0.1, 0.15) is 11.4 Å². The molecule has 0 saturated carbocycles. The number of fused-ring (bicyclic) bond motifs is 1. The number of halogens is 2. The minimum absolute atomic E-state index is 0.0359. The van der Waals surface area contributed by atoms with E-state index >= 15 is 0 Å². The molecule has 1 aromatic heterocycles. The molecule has 0 aliphatic heterocycles. The van der Waals surface area contributed by atoms with Crippen molar-refractivity contribution in [3.8, 4) is 0 Å². The van der Waals surface area contributed by atoms with E-state index in [0.717, 1.165) is 24.1 Å². The second kappa shape index (κ2) is 11.6. The summed E-state index contributed by atoms with van der Waals surface area (Å²) < 4.78 is 21.8. The number of hydrogen-bond donors (Lipinski definition) is 1. The number of ether oxygens (including phenoxy) is 1. The average Bonchev–Trinajstić information content (AvgIpc) is 2.82. The highest BCUT2D eigenvalue weighted by Gasteiger charge is 2.37. The number of pyridine rings is 1. The van der Waals surface area contributed by atoms with Crippen LogP contribution in [0.4, 0.5) is 10.1 Å². The van der Waals surface area contributed by atoms with Gasteiger partial charge in [-0.25, -0.2) is 9.18 Å². The number of hydrogen-bond acceptors (Lipinski definition) is 5. The van der Waals surface area contributed by atoms with Crippen LogP contribution in [0.3, 0.4) is 0 Å². The van der Waals surface area contributed by atoms with Crippen molar-refractivity contribution in [1.82, 2.24) is 4.57 Å². The van der Waals surface area contributed by atoms with Gasteiger partial charge in [0.05, 0.1) is 22.8 Å². The summed E-state index contributed by atoms with van der Waals surface area (Å²) in [4.78, 5) is 39.0. The SMILES string of the molecule is CCOC(=O)c1cn(CCCC(C)(C)[Si](C)(C)O)c2c(N(C)C)cc(Cc3cccc(Cl)c3F)cc2c1=O. The fraction of sp³-hybridized carbons (Fsp3) is 0.448. The Morgan fingerprint density at radius 2 is 1.92 bits per heavy atom. The van der Waals surface area contributed by atoms with Crippen molar-refractivity contribution < 1.29 is 18.7 Å². The van der Waals surface area contributed by atoms with Crippen LogP contribution in [-0.4, -0.2) is 44.4 Å². The number of carbonyl (C=O) groups excluding carboxylic acids is 1. The molecule has 6 nitrogen and oxygen atoms in total. The van der Waals surface area contributed by atoms with Crippen LogP contribution in [0.15, 0.2) is 41.3 Å². The summed E-state index contributed by atoms with van der Waals surface area (Å²) in [5, 5.41) is 0.208. The molecule has 9 heteroatoms. The molecule has 0 amide bonds. The zero-order chi connectivity index (χ0) is 28.4. The summed E-state index contributed by atoms with van der Waals surface area (Å²) in [6.07, 6.45) is 3.35. The molecule has 3 rings (SSSR count). The number of benzene rings is 2. The van der Waals surface area contributed by atoms with Gasteiger partial charge < -0.3 is 19.0 Å². The van der Waals surface area contributed by atoms with E-state index in [-0.39, 0.29) is 28.7 Å². The van der Waals surface area contributed by atoms with E-state index in [2.05, 4.69) is 13.8 Å².